The van der Waals surface area contributed by atoms with E-state index in [1.807, 2.05) is 38.1 Å². The van der Waals surface area contributed by atoms with Crippen LogP contribution in [-0.2, 0) is 16.6 Å². The summed E-state index contributed by atoms with van der Waals surface area (Å²) in [5.41, 5.74) is 0.815. The van der Waals surface area contributed by atoms with E-state index < -0.39 is 10.0 Å². The lowest BCUT2D eigenvalue weighted by Crippen LogP contribution is -2.23. The molecule has 2 rings (SSSR count). The number of hydrogen-bond donors (Lipinski definition) is 1. The zero-order chi connectivity index (χ0) is 17.7. The van der Waals surface area contributed by atoms with Gasteiger partial charge < -0.3 is 9.47 Å². The summed E-state index contributed by atoms with van der Waals surface area (Å²) < 4.78 is 38.2. The van der Waals surface area contributed by atoms with E-state index in [-0.39, 0.29) is 23.3 Å². The van der Waals surface area contributed by atoms with Crippen molar-refractivity contribution in [1.29, 1.82) is 0 Å². The fourth-order valence-electron chi connectivity index (χ4n) is 2.07. The van der Waals surface area contributed by atoms with Crippen LogP contribution in [0, 0.1) is 0 Å². The second-order valence-corrected chi connectivity index (χ2v) is 7.60. The van der Waals surface area contributed by atoms with E-state index in [0.29, 0.717) is 5.02 Å². The number of nitrogens with one attached hydrogen (secondary N) is 1. The zero-order valence-electron chi connectivity index (χ0n) is 13.7. The van der Waals surface area contributed by atoms with Gasteiger partial charge in [0.05, 0.1) is 13.2 Å². The Morgan fingerprint density at radius 3 is 2.38 bits per heavy atom. The molecular formula is C17H20ClNO4S. The molecule has 0 atom stereocenters. The Hall–Kier alpha value is -1.76. The lowest BCUT2D eigenvalue weighted by atomic mass is 10.2. The van der Waals surface area contributed by atoms with Gasteiger partial charge in [0.25, 0.3) is 0 Å². The minimum absolute atomic E-state index is 0.0114. The lowest BCUT2D eigenvalue weighted by molar-refractivity contribution is 0.242. The molecule has 0 unspecified atom stereocenters. The Bertz CT molecular complexity index is 789. The van der Waals surface area contributed by atoms with Crippen LogP contribution in [0.1, 0.15) is 19.4 Å². The van der Waals surface area contributed by atoms with Gasteiger partial charge in [-0.3, -0.25) is 0 Å². The molecule has 0 saturated heterocycles. The number of halogens is 1. The highest BCUT2D eigenvalue weighted by molar-refractivity contribution is 7.89. The Morgan fingerprint density at radius 2 is 1.79 bits per heavy atom. The first-order valence-corrected chi connectivity index (χ1v) is 9.27. The number of methoxy groups -OCH3 is 1. The first kappa shape index (κ1) is 18.6. The summed E-state index contributed by atoms with van der Waals surface area (Å²) in [5, 5.41) is 0.325. The topological polar surface area (TPSA) is 64.6 Å². The molecule has 2 aromatic rings. The van der Waals surface area contributed by atoms with Crippen molar-refractivity contribution in [2.75, 3.05) is 7.11 Å². The molecule has 0 bridgehead atoms. The zero-order valence-corrected chi connectivity index (χ0v) is 15.3. The maximum atomic E-state index is 12.5. The van der Waals surface area contributed by atoms with Crippen molar-refractivity contribution in [1.82, 2.24) is 4.72 Å². The predicted molar refractivity (Wildman–Crippen MR) is 94.2 cm³/mol. The highest BCUT2D eigenvalue weighted by Gasteiger charge is 2.19. The molecular weight excluding hydrogens is 350 g/mol. The Morgan fingerprint density at radius 1 is 1.12 bits per heavy atom. The SMILES string of the molecule is COc1ccc(Cl)cc1S(=O)(=O)NCc1ccc(OC(C)C)cc1. The largest absolute Gasteiger partial charge is 0.495 e. The number of rotatable bonds is 7. The molecule has 0 fully saturated rings. The summed E-state index contributed by atoms with van der Waals surface area (Å²) in [7, 11) is -2.33. The maximum Gasteiger partial charge on any atom is 0.244 e. The first-order chi connectivity index (χ1) is 11.3. The third kappa shape index (κ3) is 4.87. The lowest BCUT2D eigenvalue weighted by Gasteiger charge is -2.12. The van der Waals surface area contributed by atoms with Gasteiger partial charge in [0.1, 0.15) is 16.4 Å². The van der Waals surface area contributed by atoms with Crippen LogP contribution in [0.3, 0.4) is 0 Å². The summed E-state index contributed by atoms with van der Waals surface area (Å²) in [6.07, 6.45) is 0.0876. The third-order valence-corrected chi connectivity index (χ3v) is 4.83. The monoisotopic (exact) mass is 369 g/mol. The molecule has 0 radical (unpaired) electrons. The van der Waals surface area contributed by atoms with Gasteiger partial charge in [-0.1, -0.05) is 23.7 Å². The molecule has 5 nitrogen and oxygen atoms in total. The quantitative estimate of drug-likeness (QED) is 0.809. The highest BCUT2D eigenvalue weighted by atomic mass is 35.5. The number of ether oxygens (including phenoxy) is 2. The van der Waals surface area contributed by atoms with Crippen LogP contribution in [-0.4, -0.2) is 21.6 Å². The minimum Gasteiger partial charge on any atom is -0.495 e. The summed E-state index contributed by atoms with van der Waals surface area (Å²) in [4.78, 5) is 0.0114. The van der Waals surface area contributed by atoms with Crippen molar-refractivity contribution in [3.8, 4) is 11.5 Å². The van der Waals surface area contributed by atoms with E-state index in [2.05, 4.69) is 4.72 Å². The van der Waals surface area contributed by atoms with Crippen molar-refractivity contribution in [3.63, 3.8) is 0 Å². The van der Waals surface area contributed by atoms with E-state index in [1.165, 1.54) is 19.2 Å². The Balaban J connectivity index is 2.12. The van der Waals surface area contributed by atoms with Gasteiger partial charge in [-0.15, -0.1) is 0 Å². The molecule has 7 heteroatoms. The average molecular weight is 370 g/mol. The molecule has 1 N–H and O–H groups in total. The van der Waals surface area contributed by atoms with E-state index >= 15 is 0 Å². The van der Waals surface area contributed by atoms with Crippen LogP contribution < -0.4 is 14.2 Å². The van der Waals surface area contributed by atoms with Crippen molar-refractivity contribution >= 4 is 21.6 Å². The molecule has 0 saturated carbocycles. The van der Waals surface area contributed by atoms with Crippen LogP contribution >= 0.6 is 11.6 Å². The normalized spacial score (nSPS) is 11.5. The first-order valence-electron chi connectivity index (χ1n) is 7.40. The highest BCUT2D eigenvalue weighted by Crippen LogP contribution is 2.27. The summed E-state index contributed by atoms with van der Waals surface area (Å²) in [6.45, 7) is 4.04. The van der Waals surface area contributed by atoms with Crippen LogP contribution in [0.2, 0.25) is 5.02 Å². The van der Waals surface area contributed by atoms with E-state index in [9.17, 15) is 8.42 Å². The third-order valence-electron chi connectivity index (χ3n) is 3.18. The van der Waals surface area contributed by atoms with Gasteiger partial charge in [0, 0.05) is 11.6 Å². The standard InChI is InChI=1S/C17H20ClNO4S/c1-12(2)23-15-7-4-13(5-8-15)11-19-24(20,21)17-10-14(18)6-9-16(17)22-3/h4-10,12,19H,11H2,1-3H3. The number of hydrogen-bond acceptors (Lipinski definition) is 4. The van der Waals surface area contributed by atoms with Crippen molar-refractivity contribution < 1.29 is 17.9 Å². The second-order valence-electron chi connectivity index (χ2n) is 5.43. The van der Waals surface area contributed by atoms with Crippen molar-refractivity contribution in [2.45, 2.75) is 31.4 Å². The molecule has 0 aromatic heterocycles. The molecule has 130 valence electrons. The molecule has 0 spiro atoms. The molecule has 0 aliphatic carbocycles. The summed E-state index contributed by atoms with van der Waals surface area (Å²) in [6, 6.07) is 11.7. The molecule has 2 aromatic carbocycles. The predicted octanol–water partition coefficient (Wildman–Crippen LogP) is 3.61. The van der Waals surface area contributed by atoms with Crippen LogP contribution in [0.5, 0.6) is 11.5 Å². The van der Waals surface area contributed by atoms with E-state index in [1.54, 1.807) is 6.07 Å². The molecule has 0 aliphatic rings. The van der Waals surface area contributed by atoms with Gasteiger partial charge in [0.15, 0.2) is 0 Å². The van der Waals surface area contributed by atoms with E-state index in [0.717, 1.165) is 11.3 Å². The van der Waals surface area contributed by atoms with Crippen LogP contribution in [0.4, 0.5) is 0 Å². The summed E-state index contributed by atoms with van der Waals surface area (Å²) >= 11 is 5.89. The van der Waals surface area contributed by atoms with Gasteiger partial charge >= 0.3 is 0 Å². The maximum absolute atomic E-state index is 12.5. The van der Waals surface area contributed by atoms with Gasteiger partial charge in [0.2, 0.25) is 10.0 Å². The number of sulfonamides is 1. The molecule has 0 heterocycles. The fraction of sp³-hybridized carbons (Fsp3) is 0.294. The van der Waals surface area contributed by atoms with Gasteiger partial charge in [-0.25, -0.2) is 13.1 Å². The average Bonchev–Trinajstić information content (AvgIpc) is 2.54. The Kier molecular flexibility index (Phi) is 6.10. The van der Waals surface area contributed by atoms with Crippen LogP contribution in [0.15, 0.2) is 47.4 Å². The molecule has 0 amide bonds. The van der Waals surface area contributed by atoms with Crippen LogP contribution in [0.25, 0.3) is 0 Å². The van der Waals surface area contributed by atoms with E-state index in [4.69, 9.17) is 21.1 Å². The summed E-state index contributed by atoms with van der Waals surface area (Å²) in [5.74, 6) is 0.987. The number of benzene rings is 2. The fourth-order valence-corrected chi connectivity index (χ4v) is 3.52. The second kappa shape index (κ2) is 7.88. The van der Waals surface area contributed by atoms with Gasteiger partial charge in [-0.2, -0.15) is 0 Å². The smallest absolute Gasteiger partial charge is 0.244 e. The van der Waals surface area contributed by atoms with Gasteiger partial charge in [-0.05, 0) is 49.7 Å². The van der Waals surface area contributed by atoms with Crippen molar-refractivity contribution in [2.24, 2.45) is 0 Å². The molecule has 0 aliphatic heterocycles. The van der Waals surface area contributed by atoms with Crippen molar-refractivity contribution in [3.05, 3.63) is 53.1 Å². The Labute approximate surface area is 147 Å². The molecule has 24 heavy (non-hydrogen) atoms. The minimum atomic E-state index is -3.74.